The minimum Gasteiger partial charge on any atom is -0.480 e. The summed E-state index contributed by atoms with van der Waals surface area (Å²) in [5.41, 5.74) is 0. The number of carbonyl (C=O) groups excluding carboxylic acids is 1. The molecule has 1 aliphatic rings. The molecule has 1 fully saturated rings. The van der Waals surface area contributed by atoms with Crippen molar-refractivity contribution in [2.75, 3.05) is 18.1 Å². The van der Waals surface area contributed by atoms with Gasteiger partial charge in [0.1, 0.15) is 6.04 Å². The molecule has 3 atom stereocenters. The Morgan fingerprint density at radius 2 is 2.20 bits per heavy atom. The van der Waals surface area contributed by atoms with Crippen molar-refractivity contribution in [2.24, 2.45) is 5.92 Å². The van der Waals surface area contributed by atoms with E-state index in [4.69, 9.17) is 9.84 Å². The van der Waals surface area contributed by atoms with Crippen LogP contribution in [-0.4, -0.2) is 47.2 Å². The smallest absolute Gasteiger partial charge is 0.326 e. The van der Waals surface area contributed by atoms with Gasteiger partial charge in [-0.05, 0) is 25.2 Å². The Bertz CT molecular complexity index is 318. The van der Waals surface area contributed by atoms with Crippen LogP contribution < -0.4 is 5.32 Å². The molecule has 5 nitrogen and oxygen atoms in total. The van der Waals surface area contributed by atoms with E-state index in [0.29, 0.717) is 5.75 Å². The van der Waals surface area contributed by atoms with Crippen LogP contribution in [0.1, 0.15) is 39.5 Å². The molecule has 116 valence electrons. The van der Waals surface area contributed by atoms with Gasteiger partial charge in [0, 0.05) is 12.4 Å². The Balaban J connectivity index is 2.25. The van der Waals surface area contributed by atoms with Crippen LogP contribution in [0.2, 0.25) is 0 Å². The van der Waals surface area contributed by atoms with Crippen LogP contribution in [0.15, 0.2) is 0 Å². The second kappa shape index (κ2) is 9.23. The first kappa shape index (κ1) is 17.3. The van der Waals surface area contributed by atoms with Gasteiger partial charge in [0.15, 0.2) is 0 Å². The van der Waals surface area contributed by atoms with E-state index in [1.807, 2.05) is 13.8 Å². The van der Waals surface area contributed by atoms with Gasteiger partial charge in [0.25, 0.3) is 0 Å². The Kier molecular flexibility index (Phi) is 7.99. The molecule has 0 aliphatic carbocycles. The molecule has 0 saturated carbocycles. The fraction of sp³-hybridized carbons (Fsp3) is 0.857. The lowest BCUT2D eigenvalue weighted by molar-refractivity contribution is -0.143. The van der Waals surface area contributed by atoms with Crippen LogP contribution in [0.4, 0.5) is 0 Å². The van der Waals surface area contributed by atoms with E-state index in [2.05, 4.69) is 5.32 Å². The van der Waals surface area contributed by atoms with Crippen molar-refractivity contribution in [3.8, 4) is 0 Å². The van der Waals surface area contributed by atoms with Crippen LogP contribution in [-0.2, 0) is 14.3 Å². The maximum Gasteiger partial charge on any atom is 0.326 e. The molecule has 0 aromatic heterocycles. The van der Waals surface area contributed by atoms with Crippen LogP contribution in [0.3, 0.4) is 0 Å². The topological polar surface area (TPSA) is 75.6 Å². The summed E-state index contributed by atoms with van der Waals surface area (Å²) < 4.78 is 5.59. The second-order valence-electron chi connectivity index (χ2n) is 5.27. The van der Waals surface area contributed by atoms with E-state index in [9.17, 15) is 9.59 Å². The third-order valence-electron chi connectivity index (χ3n) is 3.61. The number of ether oxygens (including phenoxy) is 1. The molecule has 2 N–H and O–H groups in total. The lowest BCUT2D eigenvalue weighted by Gasteiger charge is -2.22. The largest absolute Gasteiger partial charge is 0.480 e. The van der Waals surface area contributed by atoms with Gasteiger partial charge in [0.05, 0.1) is 11.9 Å². The van der Waals surface area contributed by atoms with E-state index in [-0.39, 0.29) is 17.9 Å². The summed E-state index contributed by atoms with van der Waals surface area (Å²) >= 11 is 1.51. The Morgan fingerprint density at radius 3 is 2.75 bits per heavy atom. The molecule has 0 radical (unpaired) electrons. The first-order chi connectivity index (χ1) is 9.54. The summed E-state index contributed by atoms with van der Waals surface area (Å²) in [5, 5.41) is 11.7. The first-order valence-electron chi connectivity index (χ1n) is 7.26. The maximum absolute atomic E-state index is 11.8. The Morgan fingerprint density at radius 1 is 1.45 bits per heavy atom. The van der Waals surface area contributed by atoms with Crippen molar-refractivity contribution in [2.45, 2.75) is 51.7 Å². The molecule has 1 saturated heterocycles. The minimum atomic E-state index is -0.965. The van der Waals surface area contributed by atoms with Gasteiger partial charge in [-0.25, -0.2) is 4.79 Å². The summed E-state index contributed by atoms with van der Waals surface area (Å²) in [7, 11) is 0. The van der Waals surface area contributed by atoms with Gasteiger partial charge in [-0.2, -0.15) is 0 Å². The second-order valence-corrected chi connectivity index (χ2v) is 6.30. The number of nitrogens with one attached hydrogen (secondary N) is 1. The summed E-state index contributed by atoms with van der Waals surface area (Å²) in [4.78, 5) is 22.9. The molecule has 20 heavy (non-hydrogen) atoms. The molecule has 1 amide bonds. The Hall–Kier alpha value is -0.750. The van der Waals surface area contributed by atoms with Crippen molar-refractivity contribution in [1.82, 2.24) is 5.32 Å². The summed E-state index contributed by atoms with van der Waals surface area (Å²) in [5.74, 6) is -0.149. The Labute approximate surface area is 124 Å². The number of hydrogen-bond acceptors (Lipinski definition) is 4. The van der Waals surface area contributed by atoms with E-state index in [1.165, 1.54) is 18.2 Å². The molecule has 0 spiro atoms. The summed E-state index contributed by atoms with van der Waals surface area (Å²) in [6.07, 6.45) is 4.33. The zero-order valence-electron chi connectivity index (χ0n) is 12.3. The lowest BCUT2D eigenvalue weighted by Crippen LogP contribution is -2.45. The molecule has 6 heteroatoms. The van der Waals surface area contributed by atoms with Gasteiger partial charge < -0.3 is 15.2 Å². The molecule has 0 aromatic carbocycles. The molecule has 1 aliphatic heterocycles. The van der Waals surface area contributed by atoms with Crippen molar-refractivity contribution in [1.29, 1.82) is 0 Å². The average molecular weight is 303 g/mol. The van der Waals surface area contributed by atoms with Gasteiger partial charge in [-0.3, -0.25) is 4.79 Å². The van der Waals surface area contributed by atoms with Crippen LogP contribution >= 0.6 is 11.8 Å². The quantitative estimate of drug-likeness (QED) is 0.716. The predicted octanol–water partition coefficient (Wildman–Crippen LogP) is 1.90. The maximum atomic E-state index is 11.8. The van der Waals surface area contributed by atoms with Crippen molar-refractivity contribution < 1.29 is 19.4 Å². The van der Waals surface area contributed by atoms with E-state index < -0.39 is 12.0 Å². The molecular weight excluding hydrogens is 278 g/mol. The number of rotatable bonds is 8. The minimum absolute atomic E-state index is 0.0665. The molecule has 1 unspecified atom stereocenters. The lowest BCUT2D eigenvalue weighted by atomic mass is 9.99. The SMILES string of the molecule is CC[C@H](C)[C@H](NC(=O)CSCC1CCCCO1)C(=O)O. The fourth-order valence-corrected chi connectivity index (χ4v) is 3.03. The zero-order chi connectivity index (χ0) is 15.0. The molecule has 0 aromatic rings. The number of amides is 1. The highest BCUT2D eigenvalue weighted by Gasteiger charge is 2.25. The molecule has 0 bridgehead atoms. The van der Waals surface area contributed by atoms with Gasteiger partial charge in [-0.15, -0.1) is 11.8 Å². The third-order valence-corrected chi connectivity index (χ3v) is 4.68. The van der Waals surface area contributed by atoms with Gasteiger partial charge in [0.2, 0.25) is 5.91 Å². The van der Waals surface area contributed by atoms with Crippen molar-refractivity contribution in [3.05, 3.63) is 0 Å². The van der Waals surface area contributed by atoms with Gasteiger partial charge >= 0.3 is 5.97 Å². The summed E-state index contributed by atoms with van der Waals surface area (Å²) in [6, 6.07) is -0.793. The number of carboxylic acids is 1. The highest BCUT2D eigenvalue weighted by molar-refractivity contribution is 7.99. The number of carboxylic acid groups (broad SMARTS) is 1. The summed E-state index contributed by atoms with van der Waals surface area (Å²) in [6.45, 7) is 4.57. The standard InChI is InChI=1S/C14H25NO4S/c1-3-10(2)13(14(17)18)15-12(16)9-20-8-11-6-4-5-7-19-11/h10-11,13H,3-9H2,1-2H3,(H,15,16)(H,17,18)/t10-,11?,13-/m0/s1. The van der Waals surface area contributed by atoms with Crippen LogP contribution in [0.5, 0.6) is 0 Å². The van der Waals surface area contributed by atoms with E-state index in [1.54, 1.807) is 0 Å². The van der Waals surface area contributed by atoms with Crippen LogP contribution in [0, 0.1) is 5.92 Å². The highest BCUT2D eigenvalue weighted by atomic mass is 32.2. The normalized spacial score (nSPS) is 22.0. The number of hydrogen-bond donors (Lipinski definition) is 2. The molecule has 1 heterocycles. The first-order valence-corrected chi connectivity index (χ1v) is 8.41. The van der Waals surface area contributed by atoms with E-state index in [0.717, 1.165) is 31.6 Å². The molecular formula is C14H25NO4S. The number of carbonyl (C=O) groups is 2. The van der Waals surface area contributed by atoms with Gasteiger partial charge in [-0.1, -0.05) is 20.3 Å². The monoisotopic (exact) mass is 303 g/mol. The van der Waals surface area contributed by atoms with Crippen molar-refractivity contribution in [3.63, 3.8) is 0 Å². The van der Waals surface area contributed by atoms with Crippen LogP contribution in [0.25, 0.3) is 0 Å². The highest BCUT2D eigenvalue weighted by Crippen LogP contribution is 2.17. The zero-order valence-corrected chi connectivity index (χ0v) is 13.1. The number of thioether (sulfide) groups is 1. The van der Waals surface area contributed by atoms with Crippen molar-refractivity contribution >= 4 is 23.6 Å². The fourth-order valence-electron chi connectivity index (χ4n) is 2.12. The predicted molar refractivity (Wildman–Crippen MR) is 79.9 cm³/mol. The molecule has 1 rings (SSSR count). The average Bonchev–Trinajstić information content (AvgIpc) is 2.45. The number of aliphatic carboxylic acids is 1. The van der Waals surface area contributed by atoms with E-state index >= 15 is 0 Å². The third kappa shape index (κ3) is 6.13.